The van der Waals surface area contributed by atoms with E-state index < -0.39 is 0 Å². The van der Waals surface area contributed by atoms with Crippen molar-refractivity contribution in [2.45, 2.75) is 39.7 Å². The van der Waals surface area contributed by atoms with Crippen LogP contribution in [0.5, 0.6) is 0 Å². The fourth-order valence-corrected chi connectivity index (χ4v) is 2.75. The van der Waals surface area contributed by atoms with Crippen LogP contribution in [0.4, 0.5) is 0 Å². The van der Waals surface area contributed by atoms with E-state index in [-0.39, 0.29) is 0 Å². The molecule has 0 fully saturated rings. The number of rotatable bonds is 6. The molecule has 0 aromatic heterocycles. The zero-order chi connectivity index (χ0) is 14.4. The van der Waals surface area contributed by atoms with Crippen molar-refractivity contribution in [3.63, 3.8) is 0 Å². The minimum absolute atomic E-state index is 0.503. The predicted molar refractivity (Wildman–Crippen MR) is 87.2 cm³/mol. The van der Waals surface area contributed by atoms with E-state index in [0.717, 1.165) is 19.4 Å². The second-order valence-electron chi connectivity index (χ2n) is 5.64. The molecular weight excluding hydrogens is 242 g/mol. The van der Waals surface area contributed by atoms with Gasteiger partial charge in [-0.15, -0.1) is 0 Å². The summed E-state index contributed by atoms with van der Waals surface area (Å²) in [5.41, 5.74) is 5.52. The molecule has 1 nitrogen and oxygen atoms in total. The first-order valence-electron chi connectivity index (χ1n) is 7.52. The monoisotopic (exact) mass is 267 g/mol. The molecule has 0 aliphatic heterocycles. The van der Waals surface area contributed by atoms with Crippen LogP contribution in [0.25, 0.3) is 0 Å². The van der Waals surface area contributed by atoms with Gasteiger partial charge >= 0.3 is 0 Å². The lowest BCUT2D eigenvalue weighted by molar-refractivity contribution is 0.521. The third-order valence-corrected chi connectivity index (χ3v) is 3.62. The van der Waals surface area contributed by atoms with Crippen LogP contribution >= 0.6 is 0 Å². The average molecular weight is 267 g/mol. The van der Waals surface area contributed by atoms with Crippen molar-refractivity contribution in [2.75, 3.05) is 6.54 Å². The molecule has 1 heteroatoms. The van der Waals surface area contributed by atoms with E-state index in [4.69, 9.17) is 0 Å². The molecule has 0 aliphatic carbocycles. The fraction of sp³-hybridized carbons (Fsp3) is 0.368. The Morgan fingerprint density at radius 3 is 1.75 bits per heavy atom. The van der Waals surface area contributed by atoms with E-state index in [0.29, 0.717) is 6.04 Å². The minimum atomic E-state index is 0.503. The van der Waals surface area contributed by atoms with Crippen molar-refractivity contribution >= 4 is 0 Å². The van der Waals surface area contributed by atoms with Crippen molar-refractivity contribution in [3.8, 4) is 0 Å². The van der Waals surface area contributed by atoms with Crippen molar-refractivity contribution < 1.29 is 0 Å². The van der Waals surface area contributed by atoms with Gasteiger partial charge in [-0.05, 0) is 44.4 Å². The van der Waals surface area contributed by atoms with Gasteiger partial charge in [-0.2, -0.15) is 0 Å². The first-order valence-corrected chi connectivity index (χ1v) is 7.52. The maximum absolute atomic E-state index is 3.62. The molecule has 0 amide bonds. The number of likely N-dealkylation sites (N-methyl/N-ethyl adjacent to an activating group) is 1. The number of aryl methyl sites for hydroxylation is 2. The third kappa shape index (κ3) is 4.50. The lowest BCUT2D eigenvalue weighted by Crippen LogP contribution is -2.33. The lowest BCUT2D eigenvalue weighted by Gasteiger charge is -2.18. The second kappa shape index (κ2) is 7.25. The Hall–Kier alpha value is -1.60. The van der Waals surface area contributed by atoms with Gasteiger partial charge in [-0.3, -0.25) is 0 Å². The summed E-state index contributed by atoms with van der Waals surface area (Å²) >= 11 is 0. The largest absolute Gasteiger partial charge is 0.314 e. The van der Waals surface area contributed by atoms with Gasteiger partial charge in [-0.25, -0.2) is 0 Å². The van der Waals surface area contributed by atoms with E-state index in [9.17, 15) is 0 Å². The highest BCUT2D eigenvalue weighted by molar-refractivity contribution is 5.25. The third-order valence-electron chi connectivity index (χ3n) is 3.62. The van der Waals surface area contributed by atoms with Gasteiger partial charge in [0.15, 0.2) is 0 Å². The number of hydrogen-bond donors (Lipinski definition) is 1. The quantitative estimate of drug-likeness (QED) is 0.832. The first-order chi connectivity index (χ1) is 9.67. The summed E-state index contributed by atoms with van der Waals surface area (Å²) < 4.78 is 0. The van der Waals surface area contributed by atoms with E-state index in [1.54, 1.807) is 0 Å². The molecule has 106 valence electrons. The average Bonchev–Trinajstić information content (AvgIpc) is 2.39. The zero-order valence-corrected chi connectivity index (χ0v) is 12.8. The summed E-state index contributed by atoms with van der Waals surface area (Å²) in [6.45, 7) is 7.51. The summed E-state index contributed by atoms with van der Waals surface area (Å²) in [7, 11) is 0. The normalized spacial score (nSPS) is 11.0. The Morgan fingerprint density at radius 2 is 1.35 bits per heavy atom. The molecule has 0 bridgehead atoms. The topological polar surface area (TPSA) is 12.0 Å². The Labute approximate surface area is 123 Å². The highest BCUT2D eigenvalue weighted by Gasteiger charge is 2.09. The van der Waals surface area contributed by atoms with Gasteiger partial charge in [0.05, 0.1) is 0 Å². The predicted octanol–water partition coefficient (Wildman–Crippen LogP) is 4.07. The molecule has 0 saturated carbocycles. The molecule has 0 heterocycles. The molecule has 0 spiro atoms. The van der Waals surface area contributed by atoms with Crippen molar-refractivity contribution in [1.82, 2.24) is 5.32 Å². The first kappa shape index (κ1) is 14.8. The maximum Gasteiger partial charge on any atom is 0.0148 e. The Kier molecular flexibility index (Phi) is 5.37. The maximum atomic E-state index is 3.62. The molecule has 0 aliphatic rings. The molecule has 0 atom stereocenters. The Morgan fingerprint density at radius 1 is 0.850 bits per heavy atom. The highest BCUT2D eigenvalue weighted by Crippen LogP contribution is 2.12. The van der Waals surface area contributed by atoms with Crippen molar-refractivity contribution in [1.29, 1.82) is 0 Å². The van der Waals surface area contributed by atoms with Crippen LogP contribution in [-0.4, -0.2) is 12.6 Å². The molecule has 2 rings (SSSR count). The van der Waals surface area contributed by atoms with Crippen LogP contribution < -0.4 is 5.32 Å². The SMILES string of the molecule is CCNC(Cc1cccc(C)c1)Cc1cccc(C)c1. The van der Waals surface area contributed by atoms with Gasteiger partial charge in [0.25, 0.3) is 0 Å². The van der Waals surface area contributed by atoms with Crippen LogP contribution in [0.2, 0.25) is 0 Å². The van der Waals surface area contributed by atoms with Crippen molar-refractivity contribution in [2.24, 2.45) is 0 Å². The van der Waals surface area contributed by atoms with Crippen molar-refractivity contribution in [3.05, 3.63) is 70.8 Å². The van der Waals surface area contributed by atoms with Gasteiger partial charge < -0.3 is 5.32 Å². The highest BCUT2D eigenvalue weighted by atomic mass is 14.9. The molecule has 0 radical (unpaired) electrons. The summed E-state index contributed by atoms with van der Waals surface area (Å²) in [6, 6.07) is 18.2. The number of hydrogen-bond acceptors (Lipinski definition) is 1. The Balaban J connectivity index is 2.07. The summed E-state index contributed by atoms with van der Waals surface area (Å²) in [5, 5.41) is 3.62. The van der Waals surface area contributed by atoms with E-state index >= 15 is 0 Å². The number of nitrogens with one attached hydrogen (secondary N) is 1. The Bertz CT molecular complexity index is 497. The van der Waals surface area contributed by atoms with Crippen LogP contribution in [-0.2, 0) is 12.8 Å². The van der Waals surface area contributed by atoms with E-state index in [2.05, 4.69) is 74.6 Å². The molecule has 0 saturated heterocycles. The lowest BCUT2D eigenvalue weighted by atomic mass is 9.97. The summed E-state index contributed by atoms with van der Waals surface area (Å²) in [5.74, 6) is 0. The van der Waals surface area contributed by atoms with Gasteiger partial charge in [-0.1, -0.05) is 66.6 Å². The van der Waals surface area contributed by atoms with Crippen LogP contribution in [0.3, 0.4) is 0 Å². The van der Waals surface area contributed by atoms with Gasteiger partial charge in [0.1, 0.15) is 0 Å². The summed E-state index contributed by atoms with van der Waals surface area (Å²) in [6.07, 6.45) is 2.17. The molecule has 2 aromatic carbocycles. The van der Waals surface area contributed by atoms with Crippen LogP contribution in [0, 0.1) is 13.8 Å². The van der Waals surface area contributed by atoms with E-state index in [1.165, 1.54) is 22.3 Å². The molecule has 0 unspecified atom stereocenters. The fourth-order valence-electron chi connectivity index (χ4n) is 2.75. The van der Waals surface area contributed by atoms with Gasteiger partial charge in [0.2, 0.25) is 0 Å². The zero-order valence-electron chi connectivity index (χ0n) is 12.8. The summed E-state index contributed by atoms with van der Waals surface area (Å²) in [4.78, 5) is 0. The second-order valence-corrected chi connectivity index (χ2v) is 5.64. The molecule has 2 aromatic rings. The van der Waals surface area contributed by atoms with E-state index in [1.807, 2.05) is 0 Å². The molecule has 1 N–H and O–H groups in total. The van der Waals surface area contributed by atoms with Gasteiger partial charge in [0, 0.05) is 6.04 Å². The van der Waals surface area contributed by atoms with Crippen LogP contribution in [0.1, 0.15) is 29.2 Å². The standard InChI is InChI=1S/C19H25N/c1-4-20-19(13-17-9-5-7-15(2)11-17)14-18-10-6-8-16(3)12-18/h5-12,19-20H,4,13-14H2,1-3H3. The van der Waals surface area contributed by atoms with Crippen LogP contribution in [0.15, 0.2) is 48.5 Å². The molecular formula is C19H25N. The minimum Gasteiger partial charge on any atom is -0.314 e. The number of benzene rings is 2. The molecule has 20 heavy (non-hydrogen) atoms. The smallest absolute Gasteiger partial charge is 0.0148 e.